The van der Waals surface area contributed by atoms with E-state index in [0.717, 1.165) is 22.2 Å². The zero-order valence-corrected chi connectivity index (χ0v) is 17.1. The molecule has 4 aromatic rings. The van der Waals surface area contributed by atoms with E-state index in [1.54, 1.807) is 37.3 Å². The molecule has 0 aliphatic carbocycles. The van der Waals surface area contributed by atoms with E-state index in [4.69, 9.17) is 5.73 Å². The summed E-state index contributed by atoms with van der Waals surface area (Å²) in [5, 5.41) is 22.6. The maximum atomic E-state index is 11.8. The molecule has 0 atom stereocenters. The molecular weight excluding hydrogens is 395 g/mol. The van der Waals surface area contributed by atoms with Crippen LogP contribution in [0.25, 0.3) is 16.9 Å². The highest BCUT2D eigenvalue weighted by molar-refractivity contribution is 6.58. The molecule has 1 amide bonds. The van der Waals surface area contributed by atoms with E-state index in [1.807, 2.05) is 29.7 Å². The van der Waals surface area contributed by atoms with E-state index >= 15 is 0 Å². The van der Waals surface area contributed by atoms with Crippen LogP contribution in [-0.4, -0.2) is 42.6 Å². The molecule has 10 heteroatoms. The van der Waals surface area contributed by atoms with E-state index in [2.05, 4.69) is 20.3 Å². The summed E-state index contributed by atoms with van der Waals surface area (Å²) in [5.74, 6) is 0.833. The van der Waals surface area contributed by atoms with Crippen LogP contribution >= 0.6 is 0 Å². The zero-order chi connectivity index (χ0) is 22.1. The molecule has 2 aromatic heterocycles. The minimum atomic E-state index is -1.53. The highest BCUT2D eigenvalue weighted by Crippen LogP contribution is 2.25. The molecular formula is C21H21BN6O3. The van der Waals surface area contributed by atoms with Crippen LogP contribution in [0, 0.1) is 13.8 Å². The summed E-state index contributed by atoms with van der Waals surface area (Å²) in [6.45, 7) is 4.07. The number of hydrogen-bond donors (Lipinski definition) is 4. The number of nitrogens with one attached hydrogen (secondary N) is 1. The van der Waals surface area contributed by atoms with Crippen molar-refractivity contribution in [2.75, 3.05) is 5.32 Å². The van der Waals surface area contributed by atoms with Crippen LogP contribution in [0.1, 0.15) is 27.4 Å². The monoisotopic (exact) mass is 416 g/mol. The lowest BCUT2D eigenvalue weighted by atomic mass is 9.80. The molecule has 9 nitrogen and oxygen atoms in total. The standard InChI is InChI=1S/C21H21BN6O3/c1-12-9-17-16(19(23)29)7-4-8-18(17)28(12)21-26-13(2)25-20(27-21)24-11-14-5-3-6-15(10-14)22(30)31/h3-10,30-31H,11H2,1-2H3,(H2,23,29)(H,24,25,26,27). The number of primary amides is 1. The van der Waals surface area contributed by atoms with Crippen LogP contribution in [0.5, 0.6) is 0 Å². The lowest BCUT2D eigenvalue weighted by Crippen LogP contribution is -2.30. The Bertz CT molecular complexity index is 1290. The number of rotatable bonds is 6. The van der Waals surface area contributed by atoms with Crippen LogP contribution in [-0.2, 0) is 6.54 Å². The molecule has 0 aliphatic heterocycles. The van der Waals surface area contributed by atoms with Gasteiger partial charge in [-0.25, -0.2) is 0 Å². The molecule has 4 rings (SSSR count). The summed E-state index contributed by atoms with van der Waals surface area (Å²) in [7, 11) is -1.53. The SMILES string of the molecule is Cc1nc(NCc2cccc(B(O)O)c2)nc(-n2c(C)cc3c(C(N)=O)cccc32)n1. The average molecular weight is 416 g/mol. The normalized spacial score (nSPS) is 11.0. The second-order valence-corrected chi connectivity index (χ2v) is 7.20. The van der Waals surface area contributed by atoms with Gasteiger partial charge in [0.2, 0.25) is 17.8 Å². The second-order valence-electron chi connectivity index (χ2n) is 7.20. The number of anilines is 1. The van der Waals surface area contributed by atoms with E-state index in [0.29, 0.717) is 35.3 Å². The van der Waals surface area contributed by atoms with E-state index < -0.39 is 13.0 Å². The fraction of sp³-hybridized carbons (Fsp3) is 0.143. The molecule has 156 valence electrons. The Morgan fingerprint density at radius 3 is 2.61 bits per heavy atom. The maximum Gasteiger partial charge on any atom is 0.488 e. The van der Waals surface area contributed by atoms with E-state index in [1.165, 1.54) is 0 Å². The summed E-state index contributed by atoms with van der Waals surface area (Å²) < 4.78 is 1.85. The molecule has 0 radical (unpaired) electrons. The van der Waals surface area contributed by atoms with Gasteiger partial charge in [-0.3, -0.25) is 9.36 Å². The summed E-state index contributed by atoms with van der Waals surface area (Å²) >= 11 is 0. The van der Waals surface area contributed by atoms with Gasteiger partial charge in [-0.2, -0.15) is 15.0 Å². The zero-order valence-electron chi connectivity index (χ0n) is 17.1. The third-order valence-corrected chi connectivity index (χ3v) is 4.93. The minimum absolute atomic E-state index is 0.379. The summed E-state index contributed by atoms with van der Waals surface area (Å²) in [4.78, 5) is 25.2. The second kappa shape index (κ2) is 8.17. The van der Waals surface area contributed by atoms with Gasteiger partial charge in [0.1, 0.15) is 5.82 Å². The molecule has 0 spiro atoms. The Balaban J connectivity index is 1.69. The quantitative estimate of drug-likeness (QED) is 0.341. The van der Waals surface area contributed by atoms with Crippen molar-refractivity contribution in [3.8, 4) is 5.95 Å². The van der Waals surface area contributed by atoms with Gasteiger partial charge in [-0.05, 0) is 43.1 Å². The highest BCUT2D eigenvalue weighted by Gasteiger charge is 2.16. The van der Waals surface area contributed by atoms with Crippen molar-refractivity contribution in [1.82, 2.24) is 19.5 Å². The molecule has 0 fully saturated rings. The predicted molar refractivity (Wildman–Crippen MR) is 118 cm³/mol. The molecule has 0 saturated carbocycles. The first-order chi connectivity index (χ1) is 14.8. The minimum Gasteiger partial charge on any atom is -0.423 e. The van der Waals surface area contributed by atoms with Crippen LogP contribution < -0.4 is 16.5 Å². The molecule has 5 N–H and O–H groups in total. The summed E-state index contributed by atoms with van der Waals surface area (Å²) in [6.07, 6.45) is 0. The molecule has 2 aromatic carbocycles. The number of hydrogen-bond acceptors (Lipinski definition) is 7. The van der Waals surface area contributed by atoms with Crippen molar-refractivity contribution in [1.29, 1.82) is 0 Å². The van der Waals surface area contributed by atoms with E-state index in [9.17, 15) is 14.8 Å². The number of nitrogens with zero attached hydrogens (tertiary/aromatic N) is 4. The maximum absolute atomic E-state index is 11.8. The summed E-state index contributed by atoms with van der Waals surface area (Å²) in [5.41, 5.74) is 8.84. The number of fused-ring (bicyclic) bond motifs is 1. The Morgan fingerprint density at radius 1 is 1.10 bits per heavy atom. The van der Waals surface area contributed by atoms with Crippen molar-refractivity contribution >= 4 is 35.3 Å². The van der Waals surface area contributed by atoms with Gasteiger partial charge in [-0.1, -0.05) is 30.3 Å². The van der Waals surface area contributed by atoms with Gasteiger partial charge in [0.05, 0.1) is 5.52 Å². The highest BCUT2D eigenvalue weighted by atomic mass is 16.4. The fourth-order valence-electron chi connectivity index (χ4n) is 3.54. The van der Waals surface area contributed by atoms with Crippen molar-refractivity contribution < 1.29 is 14.8 Å². The number of nitrogens with two attached hydrogens (primary N) is 1. The average Bonchev–Trinajstić information content (AvgIpc) is 3.07. The van der Waals surface area contributed by atoms with E-state index in [-0.39, 0.29) is 0 Å². The van der Waals surface area contributed by atoms with Crippen LogP contribution in [0.4, 0.5) is 5.95 Å². The first-order valence-corrected chi connectivity index (χ1v) is 9.66. The largest absolute Gasteiger partial charge is 0.488 e. The number of aromatic nitrogens is 4. The van der Waals surface area contributed by atoms with Crippen LogP contribution in [0.15, 0.2) is 48.5 Å². The van der Waals surface area contributed by atoms with Gasteiger partial charge < -0.3 is 21.1 Å². The molecule has 0 unspecified atom stereocenters. The van der Waals surface area contributed by atoms with Gasteiger partial charge in [0.15, 0.2) is 0 Å². The first-order valence-electron chi connectivity index (χ1n) is 9.66. The number of aryl methyl sites for hydroxylation is 2. The lowest BCUT2D eigenvalue weighted by molar-refractivity contribution is 0.100. The summed E-state index contributed by atoms with van der Waals surface area (Å²) in [6, 6.07) is 14.2. The molecule has 0 aliphatic rings. The van der Waals surface area contributed by atoms with Crippen molar-refractivity contribution in [2.45, 2.75) is 20.4 Å². The number of carbonyl (C=O) groups excluding carboxylic acids is 1. The third kappa shape index (κ3) is 4.11. The Labute approximate surface area is 178 Å². The van der Waals surface area contributed by atoms with Gasteiger partial charge >= 0.3 is 7.12 Å². The number of amides is 1. The smallest absolute Gasteiger partial charge is 0.423 e. The van der Waals surface area contributed by atoms with Crippen molar-refractivity contribution in [3.63, 3.8) is 0 Å². The van der Waals surface area contributed by atoms with Crippen LogP contribution in [0.2, 0.25) is 0 Å². The topological polar surface area (TPSA) is 139 Å². The fourth-order valence-corrected chi connectivity index (χ4v) is 3.54. The molecule has 0 bridgehead atoms. The van der Waals surface area contributed by atoms with Gasteiger partial charge in [0.25, 0.3) is 0 Å². The van der Waals surface area contributed by atoms with Crippen molar-refractivity contribution in [2.24, 2.45) is 5.73 Å². The molecule has 2 heterocycles. The van der Waals surface area contributed by atoms with Crippen LogP contribution in [0.3, 0.4) is 0 Å². The van der Waals surface area contributed by atoms with Crippen molar-refractivity contribution in [3.05, 3.63) is 71.2 Å². The Hall–Kier alpha value is -3.76. The predicted octanol–water partition coefficient (Wildman–Crippen LogP) is 0.823. The van der Waals surface area contributed by atoms with Gasteiger partial charge in [0, 0.05) is 23.2 Å². The number of benzene rings is 2. The number of carbonyl (C=O) groups is 1. The third-order valence-electron chi connectivity index (χ3n) is 4.93. The first kappa shape index (κ1) is 20.5. The Kier molecular flexibility index (Phi) is 5.41. The molecule has 31 heavy (non-hydrogen) atoms. The lowest BCUT2D eigenvalue weighted by Gasteiger charge is -2.11. The van der Waals surface area contributed by atoms with Gasteiger partial charge in [-0.15, -0.1) is 0 Å². The Morgan fingerprint density at radius 2 is 1.87 bits per heavy atom. The molecule has 0 saturated heterocycles.